The van der Waals surface area contributed by atoms with E-state index in [0.29, 0.717) is 22.7 Å². The van der Waals surface area contributed by atoms with E-state index in [1.54, 1.807) is 37.6 Å². The summed E-state index contributed by atoms with van der Waals surface area (Å²) in [4.78, 5) is 17.0. The second-order valence-electron chi connectivity index (χ2n) is 4.71. The van der Waals surface area contributed by atoms with Crippen LogP contribution in [0.2, 0.25) is 0 Å². The summed E-state index contributed by atoms with van der Waals surface area (Å²) in [5.41, 5.74) is 1.12. The molecule has 110 valence electrons. The van der Waals surface area contributed by atoms with Gasteiger partial charge >= 0.3 is 0 Å². The second-order valence-corrected chi connectivity index (χ2v) is 4.71. The maximum Gasteiger partial charge on any atom is 0.200 e. The first-order chi connectivity index (χ1) is 10.3. The average Bonchev–Trinajstić information content (AvgIpc) is 2.55. The van der Waals surface area contributed by atoms with Gasteiger partial charge in [-0.3, -0.25) is 4.79 Å². The van der Waals surface area contributed by atoms with Gasteiger partial charge in [0.05, 0.1) is 18.2 Å². The summed E-state index contributed by atoms with van der Waals surface area (Å²) in [6.07, 6.45) is 3.82. The van der Waals surface area contributed by atoms with Crippen molar-refractivity contribution in [1.29, 1.82) is 0 Å². The highest BCUT2D eigenvalue weighted by atomic mass is 16.5. The van der Waals surface area contributed by atoms with Crippen molar-refractivity contribution in [1.82, 2.24) is 4.98 Å². The van der Waals surface area contributed by atoms with Crippen LogP contribution in [0, 0.1) is 0 Å². The molecule has 0 aliphatic carbocycles. The molecule has 0 saturated heterocycles. The zero-order valence-corrected chi connectivity index (χ0v) is 12.4. The van der Waals surface area contributed by atoms with Gasteiger partial charge in [-0.1, -0.05) is 25.5 Å². The molecule has 0 bridgehead atoms. The molecule has 0 radical (unpaired) electrons. The lowest BCUT2D eigenvalue weighted by Gasteiger charge is -2.11. The van der Waals surface area contributed by atoms with Crippen molar-refractivity contribution in [3.8, 4) is 5.75 Å². The van der Waals surface area contributed by atoms with Crippen molar-refractivity contribution >= 4 is 11.6 Å². The van der Waals surface area contributed by atoms with Crippen LogP contribution in [-0.2, 0) is 0 Å². The minimum Gasteiger partial charge on any atom is -0.496 e. The Morgan fingerprint density at radius 1 is 1.19 bits per heavy atom. The number of rotatable bonds is 7. The molecule has 0 aliphatic rings. The van der Waals surface area contributed by atoms with Crippen molar-refractivity contribution < 1.29 is 9.53 Å². The Kier molecular flexibility index (Phi) is 5.32. The van der Waals surface area contributed by atoms with Gasteiger partial charge in [-0.05, 0) is 30.7 Å². The molecule has 1 aromatic carbocycles. The molecule has 4 nitrogen and oxygen atoms in total. The Morgan fingerprint density at radius 2 is 1.95 bits per heavy atom. The number of benzene rings is 1. The van der Waals surface area contributed by atoms with Gasteiger partial charge in [-0.25, -0.2) is 4.98 Å². The summed E-state index contributed by atoms with van der Waals surface area (Å²) in [6, 6.07) is 10.8. The normalized spacial score (nSPS) is 10.2. The van der Waals surface area contributed by atoms with Gasteiger partial charge in [-0.15, -0.1) is 0 Å². The molecule has 1 heterocycles. The average molecular weight is 284 g/mol. The van der Waals surface area contributed by atoms with E-state index in [1.807, 2.05) is 12.1 Å². The van der Waals surface area contributed by atoms with Gasteiger partial charge in [0.2, 0.25) is 0 Å². The molecular weight excluding hydrogens is 264 g/mol. The number of ether oxygens (including phenoxy) is 1. The first kappa shape index (κ1) is 15.0. The summed E-state index contributed by atoms with van der Waals surface area (Å²) < 4.78 is 5.26. The Bertz CT molecular complexity index is 611. The fourth-order valence-corrected chi connectivity index (χ4v) is 2.09. The highest BCUT2D eigenvalue weighted by Gasteiger charge is 2.17. The van der Waals surface area contributed by atoms with Crippen molar-refractivity contribution in [2.75, 3.05) is 19.0 Å². The summed E-state index contributed by atoms with van der Waals surface area (Å²) in [5.74, 6) is 1.12. The Morgan fingerprint density at radius 3 is 2.71 bits per heavy atom. The number of methoxy groups -OCH3 is 1. The maximum absolute atomic E-state index is 12.7. The van der Waals surface area contributed by atoms with Crippen LogP contribution in [0.4, 0.5) is 5.82 Å². The summed E-state index contributed by atoms with van der Waals surface area (Å²) >= 11 is 0. The highest BCUT2D eigenvalue weighted by Crippen LogP contribution is 2.23. The van der Waals surface area contributed by atoms with Gasteiger partial charge < -0.3 is 10.1 Å². The summed E-state index contributed by atoms with van der Waals surface area (Å²) in [5, 5.41) is 3.23. The van der Waals surface area contributed by atoms with Gasteiger partial charge in [0.25, 0.3) is 0 Å². The lowest BCUT2D eigenvalue weighted by Crippen LogP contribution is -2.11. The topological polar surface area (TPSA) is 51.2 Å². The number of aromatic nitrogens is 1. The molecular formula is C17H20N2O2. The van der Waals surface area contributed by atoms with Crippen LogP contribution in [0.15, 0.2) is 42.6 Å². The largest absolute Gasteiger partial charge is 0.496 e. The van der Waals surface area contributed by atoms with E-state index in [4.69, 9.17) is 4.74 Å². The van der Waals surface area contributed by atoms with Crippen LogP contribution < -0.4 is 10.1 Å². The molecule has 0 amide bonds. The fraction of sp³-hybridized carbons (Fsp3) is 0.294. The molecule has 0 aliphatic heterocycles. The van der Waals surface area contributed by atoms with E-state index in [0.717, 1.165) is 19.4 Å². The van der Waals surface area contributed by atoms with Crippen molar-refractivity contribution in [3.05, 3.63) is 53.7 Å². The Hall–Kier alpha value is -2.36. The lowest BCUT2D eigenvalue weighted by molar-refractivity contribution is 0.103. The minimum atomic E-state index is -0.0838. The van der Waals surface area contributed by atoms with Gasteiger partial charge in [-0.2, -0.15) is 0 Å². The van der Waals surface area contributed by atoms with E-state index in [9.17, 15) is 4.79 Å². The smallest absolute Gasteiger partial charge is 0.200 e. The number of carbonyl (C=O) groups is 1. The van der Waals surface area contributed by atoms with Crippen LogP contribution in [0.25, 0.3) is 0 Å². The standard InChI is InChI=1S/C17H20N2O2/c1-3-4-11-18-17-14(9-7-12-19-17)16(20)13-8-5-6-10-15(13)21-2/h5-10,12H,3-4,11H2,1-2H3,(H,18,19). The number of hydrogen-bond donors (Lipinski definition) is 1. The van der Waals surface area contributed by atoms with Crippen molar-refractivity contribution in [2.24, 2.45) is 0 Å². The van der Waals surface area contributed by atoms with E-state index >= 15 is 0 Å². The third-order valence-electron chi connectivity index (χ3n) is 3.23. The molecule has 0 unspecified atom stereocenters. The number of para-hydroxylation sites is 1. The molecule has 4 heteroatoms. The predicted octanol–water partition coefficient (Wildman–Crippen LogP) is 3.53. The molecule has 2 aromatic rings. The first-order valence-electron chi connectivity index (χ1n) is 7.14. The summed E-state index contributed by atoms with van der Waals surface area (Å²) in [7, 11) is 1.57. The highest BCUT2D eigenvalue weighted by molar-refractivity contribution is 6.13. The van der Waals surface area contributed by atoms with Gasteiger partial charge in [0.1, 0.15) is 11.6 Å². The molecule has 1 N–H and O–H groups in total. The molecule has 0 fully saturated rings. The molecule has 0 spiro atoms. The third-order valence-corrected chi connectivity index (χ3v) is 3.23. The van der Waals surface area contributed by atoms with Gasteiger partial charge in [0.15, 0.2) is 5.78 Å². The SMILES string of the molecule is CCCCNc1ncccc1C(=O)c1ccccc1OC. The van der Waals surface area contributed by atoms with Crippen LogP contribution >= 0.6 is 0 Å². The number of ketones is 1. The zero-order valence-electron chi connectivity index (χ0n) is 12.4. The number of anilines is 1. The lowest BCUT2D eigenvalue weighted by atomic mass is 10.0. The van der Waals surface area contributed by atoms with Crippen LogP contribution in [0.1, 0.15) is 35.7 Å². The number of unbranched alkanes of at least 4 members (excludes halogenated alkanes) is 1. The van der Waals surface area contributed by atoms with Crippen LogP contribution in [0.5, 0.6) is 5.75 Å². The van der Waals surface area contributed by atoms with E-state index in [-0.39, 0.29) is 5.78 Å². The van der Waals surface area contributed by atoms with Crippen LogP contribution in [-0.4, -0.2) is 24.4 Å². The maximum atomic E-state index is 12.7. The molecule has 0 atom stereocenters. The number of nitrogens with zero attached hydrogens (tertiary/aromatic N) is 1. The van der Waals surface area contributed by atoms with Crippen molar-refractivity contribution in [2.45, 2.75) is 19.8 Å². The van der Waals surface area contributed by atoms with Crippen LogP contribution in [0.3, 0.4) is 0 Å². The predicted molar refractivity (Wildman–Crippen MR) is 84.1 cm³/mol. The van der Waals surface area contributed by atoms with E-state index in [2.05, 4.69) is 17.2 Å². The summed E-state index contributed by atoms with van der Waals surface area (Å²) in [6.45, 7) is 2.93. The third kappa shape index (κ3) is 3.60. The Balaban J connectivity index is 2.30. The van der Waals surface area contributed by atoms with Gasteiger partial charge in [0, 0.05) is 12.7 Å². The molecule has 1 aromatic heterocycles. The number of pyridine rings is 1. The fourth-order valence-electron chi connectivity index (χ4n) is 2.09. The Labute approximate surface area is 125 Å². The van der Waals surface area contributed by atoms with E-state index < -0.39 is 0 Å². The first-order valence-corrected chi connectivity index (χ1v) is 7.14. The monoisotopic (exact) mass is 284 g/mol. The number of nitrogens with one attached hydrogen (secondary N) is 1. The number of carbonyl (C=O) groups excluding carboxylic acids is 1. The second kappa shape index (κ2) is 7.43. The zero-order chi connectivity index (χ0) is 15.1. The van der Waals surface area contributed by atoms with E-state index in [1.165, 1.54) is 0 Å². The number of hydrogen-bond acceptors (Lipinski definition) is 4. The quantitative estimate of drug-likeness (QED) is 0.624. The van der Waals surface area contributed by atoms with Crippen molar-refractivity contribution in [3.63, 3.8) is 0 Å². The molecule has 21 heavy (non-hydrogen) atoms. The molecule has 2 rings (SSSR count). The molecule has 0 saturated carbocycles. The minimum absolute atomic E-state index is 0.0838.